The molecule has 2 N–H and O–H groups in total. The number of ether oxygens (including phenoxy) is 3. The number of methoxy groups -OCH3 is 1. The maximum Gasteiger partial charge on any atom is 0.257 e. The van der Waals surface area contributed by atoms with E-state index >= 15 is 0 Å². The van der Waals surface area contributed by atoms with Gasteiger partial charge >= 0.3 is 0 Å². The molecule has 0 heterocycles. The minimum absolute atomic E-state index is 0.0795. The first-order chi connectivity index (χ1) is 14.9. The summed E-state index contributed by atoms with van der Waals surface area (Å²) in [5.74, 6) is 1.69. The highest BCUT2D eigenvalue weighted by atomic mass is 16.5. The lowest BCUT2D eigenvalue weighted by molar-refractivity contribution is -0.123. The van der Waals surface area contributed by atoms with E-state index in [9.17, 15) is 9.59 Å². The average molecular weight is 427 g/mol. The van der Waals surface area contributed by atoms with Crippen molar-refractivity contribution in [3.63, 3.8) is 0 Å². The van der Waals surface area contributed by atoms with Crippen LogP contribution in [-0.2, 0) is 9.59 Å². The molecule has 0 saturated carbocycles. The first kappa shape index (κ1) is 23.8. The Labute approximate surface area is 183 Å². The SMILES string of the molecule is CCNC(=O)COc1cccc(NC(=O)/C=C/c2ccc(OCC(C)C)c(OC)c2)c1. The van der Waals surface area contributed by atoms with E-state index in [0.717, 1.165) is 5.56 Å². The topological polar surface area (TPSA) is 85.9 Å². The largest absolute Gasteiger partial charge is 0.493 e. The average Bonchev–Trinajstić information content (AvgIpc) is 2.75. The van der Waals surface area contributed by atoms with Gasteiger partial charge < -0.3 is 24.8 Å². The van der Waals surface area contributed by atoms with Gasteiger partial charge in [0.2, 0.25) is 5.91 Å². The molecule has 2 aromatic rings. The Morgan fingerprint density at radius 1 is 1.06 bits per heavy atom. The van der Waals surface area contributed by atoms with Gasteiger partial charge in [-0.15, -0.1) is 0 Å². The van der Waals surface area contributed by atoms with Crippen LogP contribution in [0.3, 0.4) is 0 Å². The van der Waals surface area contributed by atoms with Crippen LogP contribution in [0, 0.1) is 5.92 Å². The number of carbonyl (C=O) groups is 2. The maximum absolute atomic E-state index is 12.3. The number of nitrogens with one attached hydrogen (secondary N) is 2. The van der Waals surface area contributed by atoms with Crippen LogP contribution in [0.1, 0.15) is 26.3 Å². The number of benzene rings is 2. The number of hydrogen-bond donors (Lipinski definition) is 2. The molecule has 2 aromatic carbocycles. The summed E-state index contributed by atoms with van der Waals surface area (Å²) in [6.07, 6.45) is 3.13. The molecule has 31 heavy (non-hydrogen) atoms. The number of hydrogen-bond acceptors (Lipinski definition) is 5. The summed E-state index contributed by atoms with van der Waals surface area (Å²) < 4.78 is 16.6. The molecular formula is C24H30N2O5. The Kier molecular flexibility index (Phi) is 9.42. The van der Waals surface area contributed by atoms with E-state index in [2.05, 4.69) is 24.5 Å². The minimum Gasteiger partial charge on any atom is -0.493 e. The first-order valence-electron chi connectivity index (χ1n) is 10.2. The fourth-order valence-electron chi connectivity index (χ4n) is 2.58. The highest BCUT2D eigenvalue weighted by Gasteiger charge is 2.07. The van der Waals surface area contributed by atoms with Gasteiger partial charge in [0.05, 0.1) is 13.7 Å². The molecule has 0 aromatic heterocycles. The lowest BCUT2D eigenvalue weighted by atomic mass is 10.2. The lowest BCUT2D eigenvalue weighted by Crippen LogP contribution is -2.28. The van der Waals surface area contributed by atoms with Gasteiger partial charge in [0, 0.05) is 24.4 Å². The second-order valence-electron chi connectivity index (χ2n) is 7.21. The molecule has 7 nitrogen and oxygen atoms in total. The minimum atomic E-state index is -0.292. The van der Waals surface area contributed by atoms with Gasteiger partial charge in [-0.1, -0.05) is 26.0 Å². The van der Waals surface area contributed by atoms with Crippen LogP contribution >= 0.6 is 0 Å². The Morgan fingerprint density at radius 3 is 2.58 bits per heavy atom. The molecule has 0 unspecified atom stereocenters. The molecule has 0 aliphatic carbocycles. The molecular weight excluding hydrogens is 396 g/mol. The third kappa shape index (κ3) is 8.42. The summed E-state index contributed by atoms with van der Waals surface area (Å²) in [6.45, 7) is 7.06. The lowest BCUT2D eigenvalue weighted by Gasteiger charge is -2.12. The number of anilines is 1. The third-order valence-corrected chi connectivity index (χ3v) is 4.03. The third-order valence-electron chi connectivity index (χ3n) is 4.03. The molecule has 2 rings (SSSR count). The molecule has 0 spiro atoms. The van der Waals surface area contributed by atoms with E-state index < -0.39 is 0 Å². The molecule has 7 heteroatoms. The van der Waals surface area contributed by atoms with Gasteiger partial charge in [-0.25, -0.2) is 0 Å². The molecule has 0 bridgehead atoms. The molecule has 166 valence electrons. The number of carbonyl (C=O) groups excluding carboxylic acids is 2. The fourth-order valence-corrected chi connectivity index (χ4v) is 2.58. The van der Waals surface area contributed by atoms with Crippen molar-refractivity contribution in [2.75, 3.05) is 32.2 Å². The van der Waals surface area contributed by atoms with Crippen LogP contribution < -0.4 is 24.8 Å². The fraction of sp³-hybridized carbons (Fsp3) is 0.333. The molecule has 0 radical (unpaired) electrons. The monoisotopic (exact) mass is 426 g/mol. The van der Waals surface area contributed by atoms with Gasteiger partial charge in [-0.2, -0.15) is 0 Å². The van der Waals surface area contributed by atoms with Crippen molar-refractivity contribution in [3.8, 4) is 17.2 Å². The van der Waals surface area contributed by atoms with Crippen molar-refractivity contribution < 1.29 is 23.8 Å². The molecule has 0 aliphatic rings. The Balaban J connectivity index is 1.96. The second-order valence-corrected chi connectivity index (χ2v) is 7.21. The van der Waals surface area contributed by atoms with Crippen molar-refractivity contribution in [2.45, 2.75) is 20.8 Å². The van der Waals surface area contributed by atoms with E-state index in [0.29, 0.717) is 42.0 Å². The summed E-state index contributed by atoms with van der Waals surface area (Å²) >= 11 is 0. The molecule has 0 atom stereocenters. The van der Waals surface area contributed by atoms with E-state index in [4.69, 9.17) is 14.2 Å². The summed E-state index contributed by atoms with van der Waals surface area (Å²) in [7, 11) is 1.58. The van der Waals surface area contributed by atoms with Crippen molar-refractivity contribution in [1.82, 2.24) is 5.32 Å². The van der Waals surface area contributed by atoms with Crippen molar-refractivity contribution >= 4 is 23.6 Å². The first-order valence-corrected chi connectivity index (χ1v) is 10.2. The van der Waals surface area contributed by atoms with Gasteiger partial charge in [0.25, 0.3) is 5.91 Å². The van der Waals surface area contributed by atoms with Gasteiger partial charge in [0.1, 0.15) is 5.75 Å². The highest BCUT2D eigenvalue weighted by molar-refractivity contribution is 6.02. The Hall–Kier alpha value is -3.48. The van der Waals surface area contributed by atoms with Crippen LogP contribution in [0.5, 0.6) is 17.2 Å². The zero-order valence-electron chi connectivity index (χ0n) is 18.4. The zero-order valence-corrected chi connectivity index (χ0v) is 18.4. The predicted molar refractivity (Wildman–Crippen MR) is 122 cm³/mol. The normalized spacial score (nSPS) is 10.7. The van der Waals surface area contributed by atoms with E-state index in [-0.39, 0.29) is 18.4 Å². The van der Waals surface area contributed by atoms with Crippen molar-refractivity contribution in [3.05, 3.63) is 54.1 Å². The van der Waals surface area contributed by atoms with E-state index in [1.54, 1.807) is 37.5 Å². The maximum atomic E-state index is 12.3. The Morgan fingerprint density at radius 2 is 1.87 bits per heavy atom. The molecule has 2 amide bonds. The number of amides is 2. The quantitative estimate of drug-likeness (QED) is 0.533. The second kappa shape index (κ2) is 12.3. The van der Waals surface area contributed by atoms with Gasteiger partial charge in [-0.05, 0) is 48.7 Å². The van der Waals surface area contributed by atoms with E-state index in [1.165, 1.54) is 6.08 Å². The standard InChI is InChI=1S/C24H30N2O5/c1-5-25-24(28)16-30-20-8-6-7-19(14-20)26-23(27)12-10-18-9-11-21(22(13-18)29-4)31-15-17(2)3/h6-14,17H,5,15-16H2,1-4H3,(H,25,28)(H,26,27)/b12-10+. The highest BCUT2D eigenvalue weighted by Crippen LogP contribution is 2.29. The zero-order chi connectivity index (χ0) is 22.6. The number of rotatable bonds is 11. The molecule has 0 fully saturated rings. The summed E-state index contributed by atoms with van der Waals surface area (Å²) in [5, 5.41) is 5.43. The van der Waals surface area contributed by atoms with E-state index in [1.807, 2.05) is 25.1 Å². The summed E-state index contributed by atoms with van der Waals surface area (Å²) in [4.78, 5) is 23.8. The summed E-state index contributed by atoms with van der Waals surface area (Å²) in [6, 6.07) is 12.4. The van der Waals surface area contributed by atoms with Crippen LogP contribution in [-0.4, -0.2) is 38.7 Å². The Bertz CT molecular complexity index is 909. The van der Waals surface area contributed by atoms with Crippen LogP contribution in [0.2, 0.25) is 0 Å². The summed E-state index contributed by atoms with van der Waals surface area (Å²) in [5.41, 5.74) is 1.38. The van der Waals surface area contributed by atoms with Crippen molar-refractivity contribution in [1.29, 1.82) is 0 Å². The van der Waals surface area contributed by atoms with Crippen LogP contribution in [0.4, 0.5) is 5.69 Å². The molecule has 0 saturated heterocycles. The number of likely N-dealkylation sites (N-methyl/N-ethyl adjacent to an activating group) is 1. The van der Waals surface area contributed by atoms with Gasteiger partial charge in [0.15, 0.2) is 18.1 Å². The van der Waals surface area contributed by atoms with Crippen LogP contribution in [0.15, 0.2) is 48.5 Å². The smallest absolute Gasteiger partial charge is 0.257 e. The van der Waals surface area contributed by atoms with Crippen molar-refractivity contribution in [2.24, 2.45) is 5.92 Å². The molecule has 0 aliphatic heterocycles. The van der Waals surface area contributed by atoms with Crippen LogP contribution in [0.25, 0.3) is 6.08 Å². The predicted octanol–water partition coefficient (Wildman–Crippen LogP) is 3.90. The van der Waals surface area contributed by atoms with Gasteiger partial charge in [-0.3, -0.25) is 9.59 Å².